The van der Waals surface area contributed by atoms with Crippen LogP contribution in [0.4, 0.5) is 24.0 Å². The number of halogens is 4. The van der Waals surface area contributed by atoms with E-state index in [1.807, 2.05) is 12.1 Å². The molecule has 2 aromatic carbocycles. The predicted octanol–water partition coefficient (Wildman–Crippen LogP) is 6.84. The van der Waals surface area contributed by atoms with E-state index >= 15 is 0 Å². The van der Waals surface area contributed by atoms with E-state index < -0.39 is 36.2 Å². The molecule has 3 aromatic rings. The minimum absolute atomic E-state index is 0.0822. The molecule has 1 heterocycles. The third kappa shape index (κ3) is 5.26. The van der Waals surface area contributed by atoms with Crippen LogP contribution in [0.25, 0.3) is 10.4 Å². The van der Waals surface area contributed by atoms with Crippen molar-refractivity contribution in [2.75, 3.05) is 12.4 Å². The number of fused-ring (bicyclic) bond motifs is 1. The maximum absolute atomic E-state index is 13.3. The third-order valence-corrected chi connectivity index (χ3v) is 7.02. The van der Waals surface area contributed by atoms with Crippen molar-refractivity contribution in [3.63, 3.8) is 0 Å². The number of hydrogen-bond acceptors (Lipinski definition) is 6. The first-order chi connectivity index (χ1) is 16.1. The first-order valence-electron chi connectivity index (χ1n) is 10.4. The molecular formula is C24H20ClF3N2O3S. The fourth-order valence-corrected chi connectivity index (χ4v) is 5.26. The van der Waals surface area contributed by atoms with Gasteiger partial charge in [0.2, 0.25) is 0 Å². The van der Waals surface area contributed by atoms with Crippen molar-refractivity contribution in [3.05, 3.63) is 64.8 Å². The van der Waals surface area contributed by atoms with Gasteiger partial charge in [0.1, 0.15) is 0 Å². The third-order valence-electron chi connectivity index (χ3n) is 5.82. The number of nitrogens with zero attached hydrogens (tertiary/aromatic N) is 1. The minimum Gasteiger partial charge on any atom is -0.469 e. The first-order valence-corrected chi connectivity index (χ1v) is 11.6. The summed E-state index contributed by atoms with van der Waals surface area (Å²) in [5.74, 6) is -1.50. The van der Waals surface area contributed by atoms with Crippen LogP contribution in [-0.4, -0.2) is 30.0 Å². The number of nitrogens with one attached hydrogen (secondary N) is 1. The highest BCUT2D eigenvalue weighted by Gasteiger charge is 2.51. The lowest BCUT2D eigenvalue weighted by molar-refractivity contribution is -0.161. The van der Waals surface area contributed by atoms with Crippen LogP contribution >= 0.6 is 22.9 Å². The molecule has 1 aromatic heterocycles. The van der Waals surface area contributed by atoms with E-state index in [0.29, 0.717) is 15.7 Å². The van der Waals surface area contributed by atoms with Gasteiger partial charge in [-0.2, -0.15) is 13.2 Å². The maximum Gasteiger partial charge on any atom is 0.390 e. The van der Waals surface area contributed by atoms with Gasteiger partial charge >= 0.3 is 12.1 Å². The molecule has 0 aliphatic heterocycles. The van der Waals surface area contributed by atoms with E-state index in [-0.39, 0.29) is 18.4 Å². The highest BCUT2D eigenvalue weighted by molar-refractivity contribution is 7.18. The average Bonchev–Trinajstić information content (AvgIpc) is 3.23. The second kappa shape index (κ2) is 9.38. The van der Waals surface area contributed by atoms with E-state index in [9.17, 15) is 22.8 Å². The van der Waals surface area contributed by atoms with Crippen LogP contribution in [0.2, 0.25) is 5.02 Å². The van der Waals surface area contributed by atoms with E-state index in [4.69, 9.17) is 11.6 Å². The van der Waals surface area contributed by atoms with Crippen molar-refractivity contribution in [2.24, 2.45) is 5.41 Å². The molecule has 10 heteroatoms. The topological polar surface area (TPSA) is 68.3 Å². The number of anilines is 2. The number of Topliss-reactive ketones (excluding diaryl/α,β-unsaturated/α-hetero) is 1. The number of rotatable bonds is 6. The Labute approximate surface area is 202 Å². The summed E-state index contributed by atoms with van der Waals surface area (Å²) >= 11 is 7.41. The van der Waals surface area contributed by atoms with Crippen LogP contribution in [0.15, 0.2) is 48.7 Å². The van der Waals surface area contributed by atoms with Gasteiger partial charge in [0.25, 0.3) is 0 Å². The predicted molar refractivity (Wildman–Crippen MR) is 125 cm³/mol. The summed E-state index contributed by atoms with van der Waals surface area (Å²) in [5.41, 5.74) is 0.613. The smallest absolute Gasteiger partial charge is 0.390 e. The molecule has 0 spiro atoms. The number of aromatic nitrogens is 1. The maximum atomic E-state index is 13.3. The molecule has 0 fully saturated rings. The Kier molecular flexibility index (Phi) is 6.69. The van der Waals surface area contributed by atoms with Gasteiger partial charge in [-0.3, -0.25) is 9.59 Å². The van der Waals surface area contributed by atoms with E-state index in [2.05, 4.69) is 15.0 Å². The first kappa shape index (κ1) is 24.2. The van der Waals surface area contributed by atoms with Gasteiger partial charge in [-0.15, -0.1) is 0 Å². The fourth-order valence-electron chi connectivity index (χ4n) is 4.24. The molecule has 178 valence electrons. The van der Waals surface area contributed by atoms with Gasteiger partial charge in [0, 0.05) is 22.5 Å². The molecule has 0 saturated carbocycles. The molecule has 1 atom stereocenters. The van der Waals surface area contributed by atoms with Crippen molar-refractivity contribution < 1.29 is 27.5 Å². The van der Waals surface area contributed by atoms with Crippen LogP contribution in [0.5, 0.6) is 0 Å². The number of ether oxygens (including phenoxy) is 1. The Morgan fingerprint density at radius 3 is 2.76 bits per heavy atom. The number of benzene rings is 2. The molecule has 34 heavy (non-hydrogen) atoms. The Morgan fingerprint density at radius 1 is 1.26 bits per heavy atom. The average molecular weight is 509 g/mol. The summed E-state index contributed by atoms with van der Waals surface area (Å²) in [6, 6.07) is 12.3. The molecule has 1 unspecified atom stereocenters. The van der Waals surface area contributed by atoms with Crippen LogP contribution in [-0.2, 0) is 16.0 Å². The highest BCUT2D eigenvalue weighted by atomic mass is 35.5. The van der Waals surface area contributed by atoms with Crippen LogP contribution in [0, 0.1) is 5.41 Å². The van der Waals surface area contributed by atoms with Gasteiger partial charge in [0.15, 0.2) is 10.9 Å². The molecule has 1 aliphatic rings. The molecule has 4 rings (SSSR count). The Balaban J connectivity index is 1.59. The molecule has 1 N–H and O–H groups in total. The number of alkyl halides is 3. The van der Waals surface area contributed by atoms with Crippen LogP contribution in [0.1, 0.15) is 35.2 Å². The number of thiazole rings is 1. The van der Waals surface area contributed by atoms with Crippen molar-refractivity contribution in [1.82, 2.24) is 4.98 Å². The highest BCUT2D eigenvalue weighted by Crippen LogP contribution is 2.47. The zero-order valence-corrected chi connectivity index (χ0v) is 19.6. The number of methoxy groups -OCH3 is 1. The van der Waals surface area contributed by atoms with Gasteiger partial charge in [-0.05, 0) is 48.2 Å². The SMILES string of the molecule is COC(=O)CC1(CC(F)(F)F)CCc2cc(-c3cnc(Nc4cccc(Cl)c4)s3)ccc2C1=O. The number of hydrogen-bond donors (Lipinski definition) is 1. The fraction of sp³-hybridized carbons (Fsp3) is 0.292. The Morgan fingerprint density at radius 2 is 2.06 bits per heavy atom. The minimum atomic E-state index is -4.59. The van der Waals surface area contributed by atoms with E-state index in [1.165, 1.54) is 11.3 Å². The zero-order chi connectivity index (χ0) is 24.5. The molecule has 1 aliphatic carbocycles. The number of aryl methyl sites for hydroxylation is 1. The lowest BCUT2D eigenvalue weighted by Gasteiger charge is -2.36. The Bertz CT molecular complexity index is 1240. The zero-order valence-electron chi connectivity index (χ0n) is 18.0. The molecule has 0 amide bonds. The van der Waals surface area contributed by atoms with Gasteiger partial charge in [-0.25, -0.2) is 4.98 Å². The quantitative estimate of drug-likeness (QED) is 0.369. The second-order valence-electron chi connectivity index (χ2n) is 8.19. The molecule has 0 saturated heterocycles. The summed E-state index contributed by atoms with van der Waals surface area (Å²) in [4.78, 5) is 30.3. The molecule has 0 radical (unpaired) electrons. The molecule has 5 nitrogen and oxygen atoms in total. The normalized spacial score (nSPS) is 17.9. The van der Waals surface area contributed by atoms with Crippen LogP contribution in [0.3, 0.4) is 0 Å². The number of carbonyl (C=O) groups excluding carboxylic acids is 2. The van der Waals surface area contributed by atoms with E-state index in [1.54, 1.807) is 36.5 Å². The lowest BCUT2D eigenvalue weighted by Crippen LogP contribution is -2.41. The number of esters is 1. The van der Waals surface area contributed by atoms with Gasteiger partial charge < -0.3 is 10.1 Å². The van der Waals surface area contributed by atoms with E-state index in [0.717, 1.165) is 23.2 Å². The molecule has 0 bridgehead atoms. The number of carbonyl (C=O) groups is 2. The van der Waals surface area contributed by atoms with Crippen molar-refractivity contribution in [1.29, 1.82) is 0 Å². The summed E-state index contributed by atoms with van der Waals surface area (Å²) in [6.45, 7) is 0. The summed E-state index contributed by atoms with van der Waals surface area (Å²) in [7, 11) is 1.10. The van der Waals surface area contributed by atoms with Crippen LogP contribution < -0.4 is 5.32 Å². The summed E-state index contributed by atoms with van der Waals surface area (Å²) in [5, 5.41) is 4.42. The standard InChI is InChI=1S/C24H20ClF3N2O3S/c1-33-20(31)11-23(13-24(26,27)28)8-7-14-9-15(5-6-18(14)21(23)32)19-12-29-22(34-19)30-17-4-2-3-16(25)10-17/h2-6,9-10,12H,7-8,11,13H2,1H3,(H,29,30). The van der Waals surface area contributed by atoms with Gasteiger partial charge in [-0.1, -0.05) is 41.1 Å². The monoisotopic (exact) mass is 508 g/mol. The molecular weight excluding hydrogens is 489 g/mol. The van der Waals surface area contributed by atoms with Crippen molar-refractivity contribution in [3.8, 4) is 10.4 Å². The summed E-state index contributed by atoms with van der Waals surface area (Å²) in [6.07, 6.45) is -4.69. The van der Waals surface area contributed by atoms with Crippen molar-refractivity contribution in [2.45, 2.75) is 31.9 Å². The summed E-state index contributed by atoms with van der Waals surface area (Å²) < 4.78 is 44.6. The van der Waals surface area contributed by atoms with Gasteiger partial charge in [0.05, 0.1) is 30.2 Å². The van der Waals surface area contributed by atoms with Crippen molar-refractivity contribution >= 4 is 45.5 Å². The lowest BCUT2D eigenvalue weighted by atomic mass is 9.66. The number of ketones is 1. The Hall–Kier alpha value is -2.91. The largest absolute Gasteiger partial charge is 0.469 e. The second-order valence-corrected chi connectivity index (χ2v) is 9.66.